The van der Waals surface area contributed by atoms with Gasteiger partial charge in [-0.05, 0) is 32.6 Å². The highest BCUT2D eigenvalue weighted by molar-refractivity contribution is 5.85. The van der Waals surface area contributed by atoms with E-state index in [0.717, 1.165) is 0 Å². The fraction of sp³-hybridized carbons (Fsp3) is 1.00. The maximum atomic E-state index is 2.50. The quantitative estimate of drug-likeness (QED) is 0.110. The summed E-state index contributed by atoms with van der Waals surface area (Å²) in [4.78, 5) is 0. The lowest BCUT2D eigenvalue weighted by molar-refractivity contribution is -0.908. The van der Waals surface area contributed by atoms with Crippen LogP contribution in [0.5, 0.6) is 0 Å². The topological polar surface area (TPSA) is 35.0 Å². The second kappa shape index (κ2) is 31.5. The van der Waals surface area contributed by atoms with Crippen molar-refractivity contribution in [2.45, 2.75) is 156 Å². The largest absolute Gasteiger partial charge is 1.00 e. The molecule has 0 spiro atoms. The molecule has 4 heteroatoms. The van der Waals surface area contributed by atoms with Gasteiger partial charge in [-0.15, -0.1) is 12.4 Å². The van der Waals surface area contributed by atoms with Crippen molar-refractivity contribution in [3.05, 3.63) is 0 Å². The van der Waals surface area contributed by atoms with Gasteiger partial charge in [0.2, 0.25) is 0 Å². The third-order valence-electron chi connectivity index (χ3n) is 7.12. The Kier molecular flexibility index (Phi) is 39.1. The summed E-state index contributed by atoms with van der Waals surface area (Å²) in [5.41, 5.74) is 0. The van der Waals surface area contributed by atoms with Gasteiger partial charge in [-0.25, -0.2) is 0 Å². The molecule has 0 aromatic rings. The maximum Gasteiger partial charge on any atom is 0.0784 e. The van der Waals surface area contributed by atoms with Crippen molar-refractivity contribution in [3.8, 4) is 0 Å². The van der Waals surface area contributed by atoms with Crippen LogP contribution < -0.4 is 18.6 Å². The Labute approximate surface area is 217 Å². The first-order valence-electron chi connectivity index (χ1n) is 14.0. The minimum atomic E-state index is 0. The van der Waals surface area contributed by atoms with Crippen LogP contribution in [-0.4, -0.2) is 31.2 Å². The summed E-state index contributed by atoms with van der Waals surface area (Å²) in [5, 5.41) is 0. The molecule has 0 rings (SSSR count). The highest BCUT2D eigenvalue weighted by Gasteiger charge is 2.17. The van der Waals surface area contributed by atoms with E-state index in [2.05, 4.69) is 27.8 Å². The molecule has 1 unspecified atom stereocenters. The molecular weight excluding hydrogens is 435 g/mol. The van der Waals surface area contributed by atoms with Gasteiger partial charge in [0.1, 0.15) is 0 Å². The Bertz CT molecular complexity index is 316. The summed E-state index contributed by atoms with van der Waals surface area (Å²) in [5.74, 6) is 0. The highest BCUT2D eigenvalue weighted by Crippen LogP contribution is 2.15. The van der Waals surface area contributed by atoms with E-state index >= 15 is 0 Å². The predicted molar refractivity (Wildman–Crippen MR) is 147 cm³/mol. The molecule has 0 saturated carbocycles. The lowest BCUT2D eigenvalue weighted by Crippen LogP contribution is -3.00. The number of hydrogen-bond acceptors (Lipinski definition) is 1. The van der Waals surface area contributed by atoms with Crippen molar-refractivity contribution in [2.24, 2.45) is 0 Å². The molecule has 0 aromatic carbocycles. The number of halogens is 2. The molecule has 1 atom stereocenters. The lowest BCUT2D eigenvalue weighted by atomic mass is 10.1. The zero-order valence-electron chi connectivity index (χ0n) is 22.9. The Morgan fingerprint density at radius 1 is 0.406 bits per heavy atom. The first-order chi connectivity index (χ1) is 14.2. The van der Waals surface area contributed by atoms with Gasteiger partial charge in [0.15, 0.2) is 0 Å². The molecule has 0 bridgehead atoms. The van der Waals surface area contributed by atoms with E-state index in [-0.39, 0.29) is 31.0 Å². The van der Waals surface area contributed by atoms with E-state index in [1.54, 1.807) is 0 Å². The number of rotatable bonds is 24. The first-order valence-corrected chi connectivity index (χ1v) is 14.0. The molecule has 0 aliphatic rings. The molecular formula is C28H64Cl2N2. The summed E-state index contributed by atoms with van der Waals surface area (Å²) in [6, 6.07) is 0. The number of nitrogens with zero attached hydrogens (tertiary/aromatic N) is 1. The zero-order valence-corrected chi connectivity index (χ0v) is 24.5. The van der Waals surface area contributed by atoms with Gasteiger partial charge < -0.3 is 23.0 Å². The van der Waals surface area contributed by atoms with Crippen molar-refractivity contribution in [3.63, 3.8) is 0 Å². The molecule has 200 valence electrons. The van der Waals surface area contributed by atoms with E-state index in [0.29, 0.717) is 0 Å². The summed E-state index contributed by atoms with van der Waals surface area (Å²) >= 11 is 0. The van der Waals surface area contributed by atoms with Crippen molar-refractivity contribution < 1.29 is 16.9 Å². The number of hydrogen-bond donors (Lipinski definition) is 1. The van der Waals surface area contributed by atoms with E-state index in [9.17, 15) is 0 Å². The number of unbranched alkanes of at least 4 members (excludes halogenated alkanes) is 19. The van der Waals surface area contributed by atoms with Gasteiger partial charge in [0.05, 0.1) is 26.7 Å². The fourth-order valence-electron chi connectivity index (χ4n) is 4.57. The summed E-state index contributed by atoms with van der Waals surface area (Å²) in [7, 11) is 2.50. The van der Waals surface area contributed by atoms with Crippen molar-refractivity contribution in [1.29, 1.82) is 0 Å². The molecule has 0 aliphatic heterocycles. The van der Waals surface area contributed by atoms with Crippen LogP contribution in [0.1, 0.15) is 156 Å². The van der Waals surface area contributed by atoms with Gasteiger partial charge in [0.25, 0.3) is 0 Å². The van der Waals surface area contributed by atoms with Crippen LogP contribution in [0.3, 0.4) is 0 Å². The summed E-state index contributed by atoms with van der Waals surface area (Å²) in [6.07, 6.45) is 30.5. The van der Waals surface area contributed by atoms with Gasteiger partial charge in [-0.3, -0.25) is 0 Å². The van der Waals surface area contributed by atoms with Crippen LogP contribution >= 0.6 is 12.4 Å². The Morgan fingerprint density at radius 3 is 0.844 bits per heavy atom. The molecule has 0 aliphatic carbocycles. The van der Waals surface area contributed by atoms with E-state index in [1.807, 2.05) is 0 Å². The predicted octanol–water partition coefficient (Wildman–Crippen LogP) is 7.27. The average Bonchev–Trinajstić information content (AvgIpc) is 2.73. The molecule has 0 radical (unpaired) electrons. The smallest absolute Gasteiger partial charge is 0.0784 e. The van der Waals surface area contributed by atoms with Gasteiger partial charge >= 0.3 is 0 Å². The minimum Gasteiger partial charge on any atom is -1.00 e. The average molecular weight is 500 g/mol. The molecule has 3 N–H and O–H groups in total. The number of quaternary nitrogens is 1. The Balaban J connectivity index is -0.00000131. The minimum absolute atomic E-state index is 0. The van der Waals surface area contributed by atoms with Crippen LogP contribution in [0.4, 0.5) is 0 Å². The highest BCUT2D eigenvalue weighted by atomic mass is 35.5. The van der Waals surface area contributed by atoms with Crippen LogP contribution in [0.25, 0.3) is 0 Å². The lowest BCUT2D eigenvalue weighted by Gasteiger charge is -2.33. The van der Waals surface area contributed by atoms with Crippen LogP contribution in [0, 0.1) is 0 Å². The molecule has 32 heavy (non-hydrogen) atoms. The SMILES string of the molecule is CCCCCCCCCCCCC[N+](C)(CC)CCCCCCCCCCCC.Cl.N.[Cl-]. The van der Waals surface area contributed by atoms with E-state index in [1.165, 1.54) is 159 Å². The van der Waals surface area contributed by atoms with Crippen molar-refractivity contribution in [2.75, 3.05) is 26.7 Å². The molecule has 0 aromatic heterocycles. The summed E-state index contributed by atoms with van der Waals surface area (Å²) < 4.78 is 1.31. The van der Waals surface area contributed by atoms with E-state index < -0.39 is 0 Å². The molecule has 0 saturated heterocycles. The third-order valence-corrected chi connectivity index (χ3v) is 7.12. The normalized spacial score (nSPS) is 12.4. The molecule has 2 nitrogen and oxygen atoms in total. The Morgan fingerprint density at radius 2 is 0.625 bits per heavy atom. The fourth-order valence-corrected chi connectivity index (χ4v) is 4.57. The van der Waals surface area contributed by atoms with Gasteiger partial charge in [-0.1, -0.05) is 123 Å². The van der Waals surface area contributed by atoms with Crippen LogP contribution in [-0.2, 0) is 0 Å². The maximum absolute atomic E-state index is 2.50. The first kappa shape index (κ1) is 39.7. The monoisotopic (exact) mass is 498 g/mol. The molecule has 0 heterocycles. The van der Waals surface area contributed by atoms with Gasteiger partial charge in [-0.2, -0.15) is 0 Å². The zero-order chi connectivity index (χ0) is 21.5. The van der Waals surface area contributed by atoms with Crippen LogP contribution in [0.15, 0.2) is 0 Å². The van der Waals surface area contributed by atoms with Crippen LogP contribution in [0.2, 0.25) is 0 Å². The molecule has 0 fully saturated rings. The van der Waals surface area contributed by atoms with E-state index in [4.69, 9.17) is 0 Å². The second-order valence-corrected chi connectivity index (χ2v) is 10.1. The molecule has 0 amide bonds. The third kappa shape index (κ3) is 28.5. The van der Waals surface area contributed by atoms with Crippen molar-refractivity contribution >= 4 is 12.4 Å². The second-order valence-electron chi connectivity index (χ2n) is 10.1. The Hall–Kier alpha value is 0.500. The standard InChI is InChI=1S/C28H60N.2ClH.H3N/c1-5-8-10-12-14-16-18-20-22-24-26-28-29(4,7-3)27-25-23-21-19-17-15-13-11-9-6-2;;;/h5-28H2,1-4H3;2*1H;1H3/q+1;;;/p-1. The summed E-state index contributed by atoms with van der Waals surface area (Å²) in [6.45, 7) is 11.1. The van der Waals surface area contributed by atoms with Gasteiger partial charge in [0, 0.05) is 0 Å². The van der Waals surface area contributed by atoms with Crippen molar-refractivity contribution in [1.82, 2.24) is 6.15 Å².